The first-order chi connectivity index (χ1) is 15.5. The summed E-state index contributed by atoms with van der Waals surface area (Å²) in [4.78, 5) is 18.7. The van der Waals surface area contributed by atoms with Crippen LogP contribution in [0.3, 0.4) is 0 Å². The highest BCUT2D eigenvalue weighted by Gasteiger charge is 2.33. The number of ether oxygens (including phenoxy) is 2. The Hall–Kier alpha value is -2.00. The Labute approximate surface area is 207 Å². The summed E-state index contributed by atoms with van der Waals surface area (Å²) in [5.74, 6) is -0.196. The lowest BCUT2D eigenvalue weighted by atomic mass is 9.85. The Kier molecular flexibility index (Phi) is 7.49. The number of amides is 1. The summed E-state index contributed by atoms with van der Waals surface area (Å²) in [6.45, 7) is 12.3. The SMILES string of the molecule is CC(C)(C)OC(=O)N1CCC(c2nc(-c3cc(OC(F)(F)F)cc(C(C)(C)C)c3)c(Cl)s2)CC1. The van der Waals surface area contributed by atoms with Crippen LogP contribution in [0.2, 0.25) is 4.34 Å². The minimum absolute atomic E-state index is 0.103. The van der Waals surface area contributed by atoms with Gasteiger partial charge in [-0.1, -0.05) is 32.4 Å². The quantitative estimate of drug-likeness (QED) is 0.416. The molecule has 0 radical (unpaired) electrons. The molecule has 0 N–H and O–H groups in total. The molecule has 0 aliphatic carbocycles. The third-order valence-corrected chi connectivity index (χ3v) is 6.79. The fourth-order valence-electron chi connectivity index (χ4n) is 3.67. The van der Waals surface area contributed by atoms with Gasteiger partial charge in [-0.2, -0.15) is 0 Å². The summed E-state index contributed by atoms with van der Waals surface area (Å²) in [5.41, 5.74) is 0.641. The zero-order valence-corrected chi connectivity index (χ0v) is 21.7. The predicted octanol–water partition coefficient (Wildman–Crippen LogP) is 7.77. The van der Waals surface area contributed by atoms with Crippen molar-refractivity contribution in [2.75, 3.05) is 13.1 Å². The molecule has 5 nitrogen and oxygen atoms in total. The molecule has 2 heterocycles. The van der Waals surface area contributed by atoms with E-state index in [4.69, 9.17) is 21.3 Å². The molecule has 10 heteroatoms. The largest absolute Gasteiger partial charge is 0.573 e. The molecule has 188 valence electrons. The molecule has 1 aromatic carbocycles. The van der Waals surface area contributed by atoms with Crippen LogP contribution < -0.4 is 4.74 Å². The van der Waals surface area contributed by atoms with Crippen molar-refractivity contribution in [2.45, 2.75) is 77.7 Å². The maximum absolute atomic E-state index is 12.9. The van der Waals surface area contributed by atoms with E-state index in [-0.39, 0.29) is 17.8 Å². The third kappa shape index (κ3) is 7.01. The fraction of sp³-hybridized carbons (Fsp3) is 0.583. The van der Waals surface area contributed by atoms with Gasteiger partial charge in [-0.3, -0.25) is 0 Å². The summed E-state index contributed by atoms with van der Waals surface area (Å²) in [7, 11) is 0. The lowest BCUT2D eigenvalue weighted by molar-refractivity contribution is -0.274. The molecule has 0 spiro atoms. The maximum atomic E-state index is 12.9. The van der Waals surface area contributed by atoms with Gasteiger partial charge < -0.3 is 14.4 Å². The number of hydrogen-bond donors (Lipinski definition) is 0. The van der Waals surface area contributed by atoms with Gasteiger partial charge in [-0.05, 0) is 62.8 Å². The number of piperidine rings is 1. The number of carbonyl (C=O) groups is 1. The summed E-state index contributed by atoms with van der Waals surface area (Å²) in [5, 5.41) is 0.809. The van der Waals surface area contributed by atoms with E-state index in [1.807, 2.05) is 41.5 Å². The Bertz CT molecular complexity index is 1030. The van der Waals surface area contributed by atoms with Crippen LogP contribution in [0.5, 0.6) is 5.75 Å². The van der Waals surface area contributed by atoms with Crippen LogP contribution in [0.15, 0.2) is 18.2 Å². The van der Waals surface area contributed by atoms with Gasteiger partial charge in [0, 0.05) is 24.6 Å². The molecule has 1 aliphatic heterocycles. The van der Waals surface area contributed by atoms with Gasteiger partial charge in [0.15, 0.2) is 0 Å². The Morgan fingerprint density at radius 3 is 2.24 bits per heavy atom. The number of likely N-dealkylation sites (tertiary alicyclic amines) is 1. The molecule has 0 atom stereocenters. The smallest absolute Gasteiger partial charge is 0.444 e. The fourth-order valence-corrected chi connectivity index (χ4v) is 5.04. The van der Waals surface area contributed by atoms with E-state index in [2.05, 4.69) is 4.74 Å². The predicted molar refractivity (Wildman–Crippen MR) is 128 cm³/mol. The number of nitrogens with zero attached hydrogens (tertiary/aromatic N) is 2. The zero-order valence-electron chi connectivity index (χ0n) is 20.2. The highest BCUT2D eigenvalue weighted by molar-refractivity contribution is 7.16. The van der Waals surface area contributed by atoms with Crippen LogP contribution in [0, 0.1) is 0 Å². The number of thiazole rings is 1. The number of benzene rings is 1. The number of hydrogen-bond acceptors (Lipinski definition) is 5. The van der Waals surface area contributed by atoms with Crippen LogP contribution in [-0.4, -0.2) is 41.0 Å². The van der Waals surface area contributed by atoms with Gasteiger partial charge in [0.1, 0.15) is 21.4 Å². The van der Waals surface area contributed by atoms with E-state index in [0.717, 1.165) is 5.01 Å². The van der Waals surface area contributed by atoms with Gasteiger partial charge in [-0.15, -0.1) is 24.5 Å². The molecule has 0 saturated carbocycles. The minimum atomic E-state index is -4.80. The molecule has 2 aromatic rings. The molecule has 1 amide bonds. The van der Waals surface area contributed by atoms with E-state index in [1.54, 1.807) is 11.0 Å². The molecule has 1 saturated heterocycles. The van der Waals surface area contributed by atoms with Crippen molar-refractivity contribution in [3.8, 4) is 17.0 Å². The zero-order chi connectivity index (χ0) is 25.5. The topological polar surface area (TPSA) is 51.7 Å². The average Bonchev–Trinajstić information content (AvgIpc) is 3.06. The standard InChI is InChI=1S/C24H30ClF3N2O3S/c1-22(2,3)16-11-15(12-17(13-16)32-24(26,27)28)18-19(25)34-20(29-18)14-7-9-30(10-8-14)21(31)33-23(4,5)6/h11-14H,7-10H2,1-6H3. The van der Waals surface area contributed by atoms with Gasteiger partial charge >= 0.3 is 12.5 Å². The Morgan fingerprint density at radius 2 is 1.71 bits per heavy atom. The molecule has 3 rings (SSSR count). The summed E-state index contributed by atoms with van der Waals surface area (Å²) in [6.07, 6.45) is -3.73. The van der Waals surface area contributed by atoms with Crippen LogP contribution in [0.4, 0.5) is 18.0 Å². The number of carbonyl (C=O) groups excluding carboxylic acids is 1. The number of rotatable bonds is 3. The van der Waals surface area contributed by atoms with E-state index in [9.17, 15) is 18.0 Å². The molecule has 0 bridgehead atoms. The first-order valence-electron chi connectivity index (χ1n) is 11.1. The molecule has 1 fully saturated rings. The number of halogens is 4. The van der Waals surface area contributed by atoms with E-state index < -0.39 is 17.4 Å². The first-order valence-corrected chi connectivity index (χ1v) is 12.3. The van der Waals surface area contributed by atoms with Crippen molar-refractivity contribution >= 4 is 29.0 Å². The van der Waals surface area contributed by atoms with Crippen LogP contribution in [-0.2, 0) is 10.2 Å². The molecular formula is C24H30ClF3N2O3S. The van der Waals surface area contributed by atoms with Gasteiger partial charge in [0.05, 0.1) is 5.01 Å². The minimum Gasteiger partial charge on any atom is -0.444 e. The molecular weight excluding hydrogens is 489 g/mol. The Balaban J connectivity index is 1.82. The lowest BCUT2D eigenvalue weighted by Crippen LogP contribution is -2.41. The van der Waals surface area contributed by atoms with Crippen molar-refractivity contribution < 1.29 is 27.4 Å². The number of aromatic nitrogens is 1. The highest BCUT2D eigenvalue weighted by atomic mass is 35.5. The normalized spacial score (nSPS) is 16.0. The number of alkyl halides is 3. The van der Waals surface area contributed by atoms with Crippen molar-refractivity contribution in [1.29, 1.82) is 0 Å². The van der Waals surface area contributed by atoms with E-state index in [1.165, 1.54) is 23.5 Å². The van der Waals surface area contributed by atoms with Gasteiger partial charge in [0.2, 0.25) is 0 Å². The lowest BCUT2D eigenvalue weighted by Gasteiger charge is -2.32. The molecule has 1 aliphatic rings. The van der Waals surface area contributed by atoms with Gasteiger partial charge in [-0.25, -0.2) is 9.78 Å². The second-order valence-corrected chi connectivity index (χ2v) is 12.1. The second kappa shape index (κ2) is 9.57. The van der Waals surface area contributed by atoms with Crippen molar-refractivity contribution in [1.82, 2.24) is 9.88 Å². The van der Waals surface area contributed by atoms with E-state index >= 15 is 0 Å². The summed E-state index contributed by atoms with van der Waals surface area (Å²) < 4.78 is 48.8. The molecule has 1 aromatic heterocycles. The average molecular weight is 519 g/mol. The highest BCUT2D eigenvalue weighted by Crippen LogP contribution is 2.41. The van der Waals surface area contributed by atoms with Crippen LogP contribution in [0.1, 0.15) is 70.9 Å². The third-order valence-electron chi connectivity index (χ3n) is 5.38. The van der Waals surface area contributed by atoms with Gasteiger partial charge in [0.25, 0.3) is 0 Å². The van der Waals surface area contributed by atoms with Crippen molar-refractivity contribution in [3.63, 3.8) is 0 Å². The monoisotopic (exact) mass is 518 g/mol. The second-order valence-electron chi connectivity index (χ2n) is 10.5. The summed E-state index contributed by atoms with van der Waals surface area (Å²) >= 11 is 7.84. The summed E-state index contributed by atoms with van der Waals surface area (Å²) in [6, 6.07) is 4.52. The van der Waals surface area contributed by atoms with Crippen LogP contribution in [0.25, 0.3) is 11.3 Å². The Morgan fingerprint density at radius 1 is 1.09 bits per heavy atom. The van der Waals surface area contributed by atoms with Crippen molar-refractivity contribution in [2.24, 2.45) is 0 Å². The first kappa shape index (κ1) is 26.6. The maximum Gasteiger partial charge on any atom is 0.573 e. The van der Waals surface area contributed by atoms with E-state index in [0.29, 0.717) is 47.1 Å². The van der Waals surface area contributed by atoms with Crippen LogP contribution >= 0.6 is 22.9 Å². The molecule has 34 heavy (non-hydrogen) atoms. The molecule has 0 unspecified atom stereocenters. The van der Waals surface area contributed by atoms with Crippen molar-refractivity contribution in [3.05, 3.63) is 33.1 Å².